The fourth-order valence-corrected chi connectivity index (χ4v) is 2.18. The van der Waals surface area contributed by atoms with Crippen molar-refractivity contribution in [1.82, 2.24) is 0 Å². The summed E-state index contributed by atoms with van der Waals surface area (Å²) in [6.07, 6.45) is 4.03. The van der Waals surface area contributed by atoms with Gasteiger partial charge in [-0.25, -0.2) is 0 Å². The zero-order chi connectivity index (χ0) is 18.0. The van der Waals surface area contributed by atoms with Crippen LogP contribution in [0.2, 0.25) is 0 Å². The Morgan fingerprint density at radius 1 is 0.957 bits per heavy atom. The highest BCUT2D eigenvalue weighted by molar-refractivity contribution is 5.79. The van der Waals surface area contributed by atoms with Gasteiger partial charge in [-0.1, -0.05) is 32.8 Å². The number of allylic oxidation sites excluding steroid dienone is 2. The molecule has 0 aromatic carbocycles. The SMILES string of the molecule is CCC/C(N)=C(\C)C(C)C/N=C\C(C)=C(/C)C(C)C/N=C(/C)N. The van der Waals surface area contributed by atoms with Gasteiger partial charge in [0.2, 0.25) is 0 Å². The summed E-state index contributed by atoms with van der Waals surface area (Å²) in [4.78, 5) is 8.89. The fraction of sp³-hybridized carbons (Fsp3) is 0.684. The first-order valence-corrected chi connectivity index (χ1v) is 8.59. The van der Waals surface area contributed by atoms with Crippen LogP contribution in [-0.4, -0.2) is 25.1 Å². The molecule has 4 N–H and O–H groups in total. The van der Waals surface area contributed by atoms with Gasteiger partial charge in [0.25, 0.3) is 0 Å². The molecule has 0 saturated carbocycles. The van der Waals surface area contributed by atoms with Crippen molar-refractivity contribution < 1.29 is 0 Å². The van der Waals surface area contributed by atoms with E-state index in [1.807, 2.05) is 13.1 Å². The molecular formula is C19H36N4. The maximum absolute atomic E-state index is 6.10. The summed E-state index contributed by atoms with van der Waals surface area (Å²) in [5, 5.41) is 0. The summed E-state index contributed by atoms with van der Waals surface area (Å²) < 4.78 is 0. The van der Waals surface area contributed by atoms with Crippen molar-refractivity contribution in [3.8, 4) is 0 Å². The van der Waals surface area contributed by atoms with Crippen LogP contribution in [0.15, 0.2) is 32.4 Å². The summed E-state index contributed by atoms with van der Waals surface area (Å²) in [6.45, 7) is 16.2. The van der Waals surface area contributed by atoms with Crippen LogP contribution in [0.1, 0.15) is 61.3 Å². The summed E-state index contributed by atoms with van der Waals surface area (Å²) in [6, 6.07) is 0. The summed E-state index contributed by atoms with van der Waals surface area (Å²) in [5.41, 5.74) is 16.5. The van der Waals surface area contributed by atoms with Crippen LogP contribution in [0.5, 0.6) is 0 Å². The number of nitrogens with zero attached hydrogens (tertiary/aromatic N) is 2. The van der Waals surface area contributed by atoms with E-state index in [0.717, 1.165) is 31.6 Å². The topological polar surface area (TPSA) is 76.8 Å². The van der Waals surface area contributed by atoms with E-state index in [-0.39, 0.29) is 0 Å². The van der Waals surface area contributed by atoms with E-state index in [0.29, 0.717) is 17.7 Å². The van der Waals surface area contributed by atoms with Crippen LogP contribution in [0.25, 0.3) is 0 Å². The monoisotopic (exact) mass is 320 g/mol. The van der Waals surface area contributed by atoms with E-state index in [4.69, 9.17) is 11.5 Å². The van der Waals surface area contributed by atoms with Gasteiger partial charge >= 0.3 is 0 Å². The van der Waals surface area contributed by atoms with Gasteiger partial charge in [-0.2, -0.15) is 0 Å². The third-order valence-electron chi connectivity index (χ3n) is 4.41. The first kappa shape index (κ1) is 21.4. The maximum atomic E-state index is 6.10. The minimum absolute atomic E-state index is 0.374. The quantitative estimate of drug-likeness (QED) is 0.496. The van der Waals surface area contributed by atoms with Gasteiger partial charge in [0.05, 0.1) is 5.84 Å². The molecule has 0 aromatic heterocycles. The lowest BCUT2D eigenvalue weighted by molar-refractivity contribution is 0.674. The van der Waals surface area contributed by atoms with Gasteiger partial charge < -0.3 is 11.5 Å². The third kappa shape index (κ3) is 8.58. The van der Waals surface area contributed by atoms with Crippen LogP contribution in [0.3, 0.4) is 0 Å². The molecule has 23 heavy (non-hydrogen) atoms. The van der Waals surface area contributed by atoms with E-state index in [2.05, 4.69) is 51.5 Å². The number of amidine groups is 1. The highest BCUT2D eigenvalue weighted by Crippen LogP contribution is 2.17. The minimum Gasteiger partial charge on any atom is -0.402 e. The van der Waals surface area contributed by atoms with Crippen molar-refractivity contribution in [1.29, 1.82) is 0 Å². The molecule has 2 unspecified atom stereocenters. The normalized spacial score (nSPS) is 17.8. The standard InChI is InChI=1S/C19H36N4/c1-8-9-19(21)17(6)14(3)11-22-10-13(2)16(5)15(4)12-23-18(7)20/h10,14-15H,8-9,11-12,21H2,1-7H3,(H2,20,23)/b16-13+,19-17-,22-10-. The molecule has 0 bridgehead atoms. The van der Waals surface area contributed by atoms with Gasteiger partial charge in [0, 0.05) is 25.0 Å². The Balaban J connectivity index is 4.73. The Hall–Kier alpha value is -1.58. The van der Waals surface area contributed by atoms with Crippen molar-refractivity contribution in [2.75, 3.05) is 13.1 Å². The first-order valence-electron chi connectivity index (χ1n) is 8.59. The molecule has 0 aliphatic carbocycles. The van der Waals surface area contributed by atoms with Crippen molar-refractivity contribution in [2.24, 2.45) is 33.3 Å². The molecule has 0 aliphatic rings. The Labute approximate surface area is 142 Å². The Morgan fingerprint density at radius 3 is 2.04 bits per heavy atom. The number of rotatable bonds is 9. The molecule has 132 valence electrons. The second-order valence-corrected chi connectivity index (χ2v) is 6.60. The molecular weight excluding hydrogens is 284 g/mol. The molecule has 0 heterocycles. The molecule has 4 heteroatoms. The number of nitrogens with two attached hydrogens (primary N) is 2. The molecule has 0 amide bonds. The minimum atomic E-state index is 0.374. The van der Waals surface area contributed by atoms with Gasteiger partial charge in [-0.3, -0.25) is 9.98 Å². The number of hydrogen-bond donors (Lipinski definition) is 2. The Kier molecular flexibility index (Phi) is 10.3. The van der Waals surface area contributed by atoms with Crippen LogP contribution in [-0.2, 0) is 0 Å². The fourth-order valence-electron chi connectivity index (χ4n) is 2.18. The van der Waals surface area contributed by atoms with Gasteiger partial charge in [0.1, 0.15) is 0 Å². The van der Waals surface area contributed by atoms with Crippen molar-refractivity contribution in [3.63, 3.8) is 0 Å². The number of hydrogen-bond acceptors (Lipinski definition) is 3. The van der Waals surface area contributed by atoms with E-state index in [9.17, 15) is 0 Å². The summed E-state index contributed by atoms with van der Waals surface area (Å²) in [7, 11) is 0. The smallest absolute Gasteiger partial charge is 0.0905 e. The highest BCUT2D eigenvalue weighted by Gasteiger charge is 2.08. The molecule has 0 fully saturated rings. The van der Waals surface area contributed by atoms with Gasteiger partial charge in [-0.05, 0) is 57.1 Å². The predicted octanol–water partition coefficient (Wildman–Crippen LogP) is 4.08. The zero-order valence-electron chi connectivity index (χ0n) is 16.1. The average molecular weight is 321 g/mol. The van der Waals surface area contributed by atoms with Crippen LogP contribution < -0.4 is 11.5 Å². The molecule has 4 nitrogen and oxygen atoms in total. The van der Waals surface area contributed by atoms with Gasteiger partial charge in [-0.15, -0.1) is 0 Å². The van der Waals surface area contributed by atoms with Crippen LogP contribution >= 0.6 is 0 Å². The average Bonchev–Trinajstić information content (AvgIpc) is 2.50. The first-order chi connectivity index (χ1) is 10.7. The zero-order valence-corrected chi connectivity index (χ0v) is 16.1. The highest BCUT2D eigenvalue weighted by atomic mass is 14.8. The van der Waals surface area contributed by atoms with Crippen molar-refractivity contribution in [3.05, 3.63) is 22.4 Å². The maximum Gasteiger partial charge on any atom is 0.0905 e. The molecule has 2 atom stereocenters. The Bertz CT molecular complexity index is 480. The summed E-state index contributed by atoms with van der Waals surface area (Å²) in [5.74, 6) is 1.39. The van der Waals surface area contributed by atoms with E-state index >= 15 is 0 Å². The van der Waals surface area contributed by atoms with E-state index in [1.54, 1.807) is 0 Å². The van der Waals surface area contributed by atoms with Crippen LogP contribution in [0.4, 0.5) is 0 Å². The molecule has 0 rings (SSSR count). The lowest BCUT2D eigenvalue weighted by atomic mass is 9.98. The second kappa shape index (κ2) is 11.0. The van der Waals surface area contributed by atoms with Gasteiger partial charge in [0.15, 0.2) is 0 Å². The van der Waals surface area contributed by atoms with Crippen molar-refractivity contribution in [2.45, 2.75) is 61.3 Å². The predicted molar refractivity (Wildman–Crippen MR) is 104 cm³/mol. The van der Waals surface area contributed by atoms with Crippen molar-refractivity contribution >= 4 is 12.1 Å². The molecule has 0 saturated heterocycles. The molecule has 0 aliphatic heterocycles. The lowest BCUT2D eigenvalue weighted by Gasteiger charge is -2.14. The van der Waals surface area contributed by atoms with Crippen LogP contribution in [0, 0.1) is 11.8 Å². The second-order valence-electron chi connectivity index (χ2n) is 6.60. The van der Waals surface area contributed by atoms with E-state index < -0.39 is 0 Å². The molecule has 0 aromatic rings. The summed E-state index contributed by atoms with van der Waals surface area (Å²) >= 11 is 0. The number of aliphatic imine (C=N–C) groups is 2. The van der Waals surface area contributed by atoms with E-state index in [1.165, 1.54) is 16.7 Å². The molecule has 0 radical (unpaired) electrons. The largest absolute Gasteiger partial charge is 0.402 e. The molecule has 0 spiro atoms. The Morgan fingerprint density at radius 2 is 1.52 bits per heavy atom. The lowest BCUT2D eigenvalue weighted by Crippen LogP contribution is -2.11. The third-order valence-corrected chi connectivity index (χ3v) is 4.41.